The normalized spacial score (nSPS) is 30.0. The predicted molar refractivity (Wildman–Crippen MR) is 93.7 cm³/mol. The summed E-state index contributed by atoms with van der Waals surface area (Å²) in [6, 6.07) is 7.04. The molecule has 7 heteroatoms. The zero-order chi connectivity index (χ0) is 17.3. The molecular formula is C17H23ClN4O2. The number of hydrogen-bond acceptors (Lipinski definition) is 4. The lowest BCUT2D eigenvalue weighted by molar-refractivity contribution is -0.124. The Morgan fingerprint density at radius 1 is 1.42 bits per heavy atom. The lowest BCUT2D eigenvalue weighted by Crippen LogP contribution is -2.49. The Bertz CT molecular complexity index is 639. The van der Waals surface area contributed by atoms with Crippen LogP contribution in [0, 0.1) is 5.92 Å². The first-order chi connectivity index (χ1) is 11.5. The number of anilines is 1. The van der Waals surface area contributed by atoms with Crippen molar-refractivity contribution in [3.05, 3.63) is 29.3 Å². The molecule has 2 amide bonds. The van der Waals surface area contributed by atoms with Crippen molar-refractivity contribution in [2.75, 3.05) is 11.4 Å². The lowest BCUT2D eigenvalue weighted by Gasteiger charge is -2.20. The number of hydrazine groups is 1. The molecule has 2 fully saturated rings. The van der Waals surface area contributed by atoms with Gasteiger partial charge in [-0.25, -0.2) is 5.43 Å². The minimum absolute atomic E-state index is 0.000411. The van der Waals surface area contributed by atoms with E-state index in [1.807, 2.05) is 12.1 Å². The van der Waals surface area contributed by atoms with Crippen LogP contribution in [0.5, 0.6) is 0 Å². The van der Waals surface area contributed by atoms with E-state index in [0.717, 1.165) is 12.1 Å². The third kappa shape index (κ3) is 3.41. The molecule has 2 aliphatic rings. The first-order valence-corrected chi connectivity index (χ1v) is 8.74. The molecule has 1 aromatic carbocycles. The van der Waals surface area contributed by atoms with Crippen LogP contribution in [0.3, 0.4) is 0 Å². The Morgan fingerprint density at radius 3 is 2.88 bits per heavy atom. The number of rotatable bonds is 4. The van der Waals surface area contributed by atoms with E-state index in [9.17, 15) is 9.59 Å². The number of hydrogen-bond donors (Lipinski definition) is 3. The van der Waals surface area contributed by atoms with E-state index < -0.39 is 0 Å². The van der Waals surface area contributed by atoms with Gasteiger partial charge in [-0.05, 0) is 30.5 Å². The van der Waals surface area contributed by atoms with Crippen LogP contribution < -0.4 is 21.1 Å². The van der Waals surface area contributed by atoms with Crippen LogP contribution in [0.25, 0.3) is 0 Å². The molecule has 4 unspecified atom stereocenters. The zero-order valence-corrected chi connectivity index (χ0v) is 14.6. The van der Waals surface area contributed by atoms with Crippen molar-refractivity contribution >= 4 is 29.1 Å². The molecule has 0 saturated carbocycles. The SMILES string of the molecule is CCC1NNC(C(=O)NC2CC(=O)N(c3cccc(Cl)c3)C2)C1C. The Balaban J connectivity index is 1.61. The highest BCUT2D eigenvalue weighted by molar-refractivity contribution is 6.30. The summed E-state index contributed by atoms with van der Waals surface area (Å²) < 4.78 is 0. The van der Waals surface area contributed by atoms with Gasteiger partial charge in [-0.1, -0.05) is 31.5 Å². The second kappa shape index (κ2) is 7.09. The molecule has 4 atom stereocenters. The van der Waals surface area contributed by atoms with Gasteiger partial charge in [0.05, 0.1) is 6.04 Å². The van der Waals surface area contributed by atoms with E-state index >= 15 is 0 Å². The van der Waals surface area contributed by atoms with Gasteiger partial charge in [0, 0.05) is 29.7 Å². The summed E-state index contributed by atoms with van der Waals surface area (Å²) in [6.07, 6.45) is 1.27. The van der Waals surface area contributed by atoms with Gasteiger partial charge in [-0.3, -0.25) is 15.0 Å². The highest BCUT2D eigenvalue weighted by atomic mass is 35.5. The van der Waals surface area contributed by atoms with Gasteiger partial charge in [-0.15, -0.1) is 0 Å². The molecule has 1 aromatic rings. The summed E-state index contributed by atoms with van der Waals surface area (Å²) in [5.41, 5.74) is 6.99. The monoisotopic (exact) mass is 350 g/mol. The Labute approximate surface area is 146 Å². The van der Waals surface area contributed by atoms with E-state index in [-0.39, 0.29) is 35.9 Å². The molecule has 0 aromatic heterocycles. The first-order valence-electron chi connectivity index (χ1n) is 8.37. The van der Waals surface area contributed by atoms with Crippen molar-refractivity contribution in [2.24, 2.45) is 5.92 Å². The van der Waals surface area contributed by atoms with Gasteiger partial charge in [0.25, 0.3) is 0 Å². The highest BCUT2D eigenvalue weighted by Gasteiger charge is 2.38. The molecule has 24 heavy (non-hydrogen) atoms. The van der Waals surface area contributed by atoms with Gasteiger partial charge in [-0.2, -0.15) is 0 Å². The molecule has 3 N–H and O–H groups in total. The molecule has 6 nitrogen and oxygen atoms in total. The number of nitrogens with one attached hydrogen (secondary N) is 3. The summed E-state index contributed by atoms with van der Waals surface area (Å²) >= 11 is 6.00. The maximum atomic E-state index is 12.5. The third-order valence-electron chi connectivity index (χ3n) is 4.90. The molecule has 130 valence electrons. The highest BCUT2D eigenvalue weighted by Crippen LogP contribution is 2.25. The zero-order valence-electron chi connectivity index (χ0n) is 13.9. The maximum absolute atomic E-state index is 12.5. The average Bonchev–Trinajstić information content (AvgIpc) is 3.09. The van der Waals surface area contributed by atoms with Gasteiger partial charge in [0.15, 0.2) is 0 Å². The molecule has 2 saturated heterocycles. The predicted octanol–water partition coefficient (Wildman–Crippen LogP) is 1.45. The fourth-order valence-electron chi connectivity index (χ4n) is 3.46. The lowest BCUT2D eigenvalue weighted by atomic mass is 9.94. The van der Waals surface area contributed by atoms with E-state index in [2.05, 4.69) is 30.0 Å². The second-order valence-corrected chi connectivity index (χ2v) is 6.97. The standard InChI is InChI=1S/C17H23ClN4O2/c1-3-14-10(2)16(21-20-14)17(24)19-12-8-15(23)22(9-12)13-6-4-5-11(18)7-13/h4-7,10,12,14,16,20-21H,3,8-9H2,1-2H3,(H,19,24). The van der Waals surface area contributed by atoms with Gasteiger partial charge < -0.3 is 10.2 Å². The van der Waals surface area contributed by atoms with Crippen molar-refractivity contribution in [3.63, 3.8) is 0 Å². The number of carbonyl (C=O) groups excluding carboxylic acids is 2. The van der Waals surface area contributed by atoms with E-state index in [4.69, 9.17) is 11.6 Å². The summed E-state index contributed by atoms with van der Waals surface area (Å²) in [6.45, 7) is 4.62. The Morgan fingerprint density at radius 2 is 2.21 bits per heavy atom. The molecular weight excluding hydrogens is 328 g/mol. The minimum Gasteiger partial charge on any atom is -0.350 e. The fourth-order valence-corrected chi connectivity index (χ4v) is 3.64. The molecule has 0 bridgehead atoms. The average molecular weight is 351 g/mol. The van der Waals surface area contributed by atoms with Crippen molar-refractivity contribution in [2.45, 2.75) is 44.8 Å². The van der Waals surface area contributed by atoms with Crippen LogP contribution in [-0.2, 0) is 9.59 Å². The van der Waals surface area contributed by atoms with E-state index in [1.165, 1.54) is 0 Å². The molecule has 2 aliphatic heterocycles. The van der Waals surface area contributed by atoms with Crippen LogP contribution in [-0.4, -0.2) is 36.5 Å². The van der Waals surface area contributed by atoms with Crippen LogP contribution in [0.2, 0.25) is 5.02 Å². The van der Waals surface area contributed by atoms with E-state index in [0.29, 0.717) is 18.0 Å². The summed E-state index contributed by atoms with van der Waals surface area (Å²) in [5, 5.41) is 3.59. The van der Waals surface area contributed by atoms with E-state index in [1.54, 1.807) is 17.0 Å². The number of nitrogens with zero attached hydrogens (tertiary/aromatic N) is 1. The Hall–Kier alpha value is -1.63. The number of benzene rings is 1. The van der Waals surface area contributed by atoms with Crippen molar-refractivity contribution in [3.8, 4) is 0 Å². The summed E-state index contributed by atoms with van der Waals surface area (Å²) in [7, 11) is 0. The van der Waals surface area contributed by atoms with Crippen LogP contribution in [0.4, 0.5) is 5.69 Å². The topological polar surface area (TPSA) is 73.5 Å². The van der Waals surface area contributed by atoms with Crippen LogP contribution >= 0.6 is 11.6 Å². The largest absolute Gasteiger partial charge is 0.350 e. The van der Waals surface area contributed by atoms with Crippen molar-refractivity contribution in [1.29, 1.82) is 0 Å². The van der Waals surface area contributed by atoms with Crippen LogP contribution in [0.1, 0.15) is 26.7 Å². The van der Waals surface area contributed by atoms with Gasteiger partial charge in [0.1, 0.15) is 6.04 Å². The van der Waals surface area contributed by atoms with Crippen molar-refractivity contribution in [1.82, 2.24) is 16.2 Å². The van der Waals surface area contributed by atoms with Crippen LogP contribution in [0.15, 0.2) is 24.3 Å². The summed E-state index contributed by atoms with van der Waals surface area (Å²) in [5.74, 6) is 0.146. The number of amides is 2. The maximum Gasteiger partial charge on any atom is 0.239 e. The van der Waals surface area contributed by atoms with Gasteiger partial charge >= 0.3 is 0 Å². The third-order valence-corrected chi connectivity index (χ3v) is 5.13. The molecule has 3 rings (SSSR count). The molecule has 0 aliphatic carbocycles. The van der Waals surface area contributed by atoms with Gasteiger partial charge in [0.2, 0.25) is 11.8 Å². The smallest absolute Gasteiger partial charge is 0.239 e. The fraction of sp³-hybridized carbons (Fsp3) is 0.529. The number of carbonyl (C=O) groups is 2. The first kappa shape index (κ1) is 17.2. The quantitative estimate of drug-likeness (QED) is 0.768. The Kier molecular flexibility index (Phi) is 5.08. The molecule has 0 radical (unpaired) electrons. The number of halogens is 1. The molecule has 0 spiro atoms. The van der Waals surface area contributed by atoms with Crippen molar-refractivity contribution < 1.29 is 9.59 Å². The second-order valence-electron chi connectivity index (χ2n) is 6.53. The minimum atomic E-state index is -0.273. The molecule has 2 heterocycles. The summed E-state index contributed by atoms with van der Waals surface area (Å²) in [4.78, 5) is 26.5.